The Hall–Kier alpha value is -3.22. The molecule has 2 atom stereocenters. The SMILES string of the molecule is CCc1cc(Cl)cc(CC)c1NC(=O)CN1CC(c2ccc3c(c2C)OCO3)C[C@@H]1c1ccc(OCC(C)C)cc1. The van der Waals surface area contributed by atoms with Gasteiger partial charge in [0, 0.05) is 23.3 Å². The fourth-order valence-corrected chi connectivity index (χ4v) is 6.34. The molecule has 1 fully saturated rings. The van der Waals surface area contributed by atoms with Crippen LogP contribution in [0.25, 0.3) is 0 Å². The van der Waals surface area contributed by atoms with Gasteiger partial charge in [-0.1, -0.05) is 57.5 Å². The Morgan fingerprint density at radius 3 is 2.44 bits per heavy atom. The molecule has 1 amide bonds. The first-order valence-corrected chi connectivity index (χ1v) is 15.1. The van der Waals surface area contributed by atoms with E-state index in [1.54, 1.807) is 0 Å². The maximum Gasteiger partial charge on any atom is 0.238 e. The van der Waals surface area contributed by atoms with Crippen LogP contribution in [-0.2, 0) is 17.6 Å². The highest BCUT2D eigenvalue weighted by Gasteiger charge is 2.36. The quantitative estimate of drug-likeness (QED) is 0.268. The van der Waals surface area contributed by atoms with Gasteiger partial charge in [-0.3, -0.25) is 9.69 Å². The van der Waals surface area contributed by atoms with Crippen molar-refractivity contribution in [3.63, 3.8) is 0 Å². The van der Waals surface area contributed by atoms with Crippen LogP contribution in [0.5, 0.6) is 17.2 Å². The Morgan fingerprint density at radius 2 is 1.78 bits per heavy atom. The summed E-state index contributed by atoms with van der Waals surface area (Å²) in [6.45, 7) is 12.6. The number of ether oxygens (including phenoxy) is 3. The third-order valence-electron chi connectivity index (χ3n) is 8.16. The lowest BCUT2D eigenvalue weighted by Crippen LogP contribution is -2.33. The maximum atomic E-state index is 13.6. The molecule has 1 saturated heterocycles. The number of amides is 1. The summed E-state index contributed by atoms with van der Waals surface area (Å²) in [5, 5.41) is 3.96. The predicted molar refractivity (Wildman–Crippen MR) is 165 cm³/mol. The Bertz CT molecular complexity index is 1360. The molecule has 41 heavy (non-hydrogen) atoms. The van der Waals surface area contributed by atoms with Gasteiger partial charge in [-0.15, -0.1) is 0 Å². The number of hydrogen-bond acceptors (Lipinski definition) is 5. The van der Waals surface area contributed by atoms with Crippen LogP contribution in [0.1, 0.15) is 73.9 Å². The fourth-order valence-electron chi connectivity index (χ4n) is 6.08. The summed E-state index contributed by atoms with van der Waals surface area (Å²) in [5.74, 6) is 3.22. The molecule has 0 spiro atoms. The lowest BCUT2D eigenvalue weighted by Gasteiger charge is -2.25. The number of benzene rings is 3. The summed E-state index contributed by atoms with van der Waals surface area (Å²) >= 11 is 6.36. The number of aryl methyl sites for hydroxylation is 2. The second-order valence-electron chi connectivity index (χ2n) is 11.5. The van der Waals surface area contributed by atoms with Crippen LogP contribution in [0.2, 0.25) is 5.02 Å². The molecule has 3 aromatic carbocycles. The molecular weight excluding hydrogens is 536 g/mol. The van der Waals surface area contributed by atoms with Crippen LogP contribution < -0.4 is 19.5 Å². The summed E-state index contributed by atoms with van der Waals surface area (Å²) in [6.07, 6.45) is 2.50. The second kappa shape index (κ2) is 12.7. The number of nitrogens with one attached hydrogen (secondary N) is 1. The van der Waals surface area contributed by atoms with E-state index in [0.717, 1.165) is 65.4 Å². The zero-order valence-electron chi connectivity index (χ0n) is 24.8. The van der Waals surface area contributed by atoms with E-state index in [4.69, 9.17) is 25.8 Å². The molecule has 5 rings (SSSR count). The molecule has 0 bridgehead atoms. The molecule has 7 heteroatoms. The minimum Gasteiger partial charge on any atom is -0.493 e. The van der Waals surface area contributed by atoms with Crippen molar-refractivity contribution in [2.75, 3.05) is 31.8 Å². The first-order chi connectivity index (χ1) is 19.8. The van der Waals surface area contributed by atoms with Crippen molar-refractivity contribution >= 4 is 23.2 Å². The minimum atomic E-state index is -0.0123. The smallest absolute Gasteiger partial charge is 0.238 e. The van der Waals surface area contributed by atoms with Crippen molar-refractivity contribution in [1.29, 1.82) is 0 Å². The highest BCUT2D eigenvalue weighted by Crippen LogP contribution is 2.46. The lowest BCUT2D eigenvalue weighted by molar-refractivity contribution is -0.117. The fraction of sp³-hybridized carbons (Fsp3) is 0.441. The third kappa shape index (κ3) is 6.49. The van der Waals surface area contributed by atoms with E-state index >= 15 is 0 Å². The van der Waals surface area contributed by atoms with Crippen LogP contribution in [0.15, 0.2) is 48.5 Å². The highest BCUT2D eigenvalue weighted by atomic mass is 35.5. The van der Waals surface area contributed by atoms with Gasteiger partial charge in [0.05, 0.1) is 13.2 Å². The average Bonchev–Trinajstić information content (AvgIpc) is 3.61. The topological polar surface area (TPSA) is 60.0 Å². The molecule has 0 aliphatic carbocycles. The average molecular weight is 577 g/mol. The molecule has 3 aromatic rings. The zero-order valence-corrected chi connectivity index (χ0v) is 25.5. The Kier molecular flexibility index (Phi) is 9.10. The summed E-state index contributed by atoms with van der Waals surface area (Å²) in [7, 11) is 0. The second-order valence-corrected chi connectivity index (χ2v) is 12.0. The number of rotatable bonds is 10. The number of carbonyl (C=O) groups is 1. The number of fused-ring (bicyclic) bond motifs is 1. The number of halogens is 1. The van der Waals surface area contributed by atoms with Crippen molar-refractivity contribution in [1.82, 2.24) is 4.90 Å². The van der Waals surface area contributed by atoms with Gasteiger partial charge in [0.15, 0.2) is 11.5 Å². The first kappa shape index (κ1) is 29.3. The van der Waals surface area contributed by atoms with Gasteiger partial charge in [0.2, 0.25) is 12.7 Å². The largest absolute Gasteiger partial charge is 0.493 e. The molecule has 0 radical (unpaired) electrons. The van der Waals surface area contributed by atoms with Crippen molar-refractivity contribution in [3.05, 3.63) is 81.4 Å². The van der Waals surface area contributed by atoms with Crippen molar-refractivity contribution < 1.29 is 19.0 Å². The van der Waals surface area contributed by atoms with Gasteiger partial charge in [-0.25, -0.2) is 0 Å². The standard InChI is InChI=1S/C34H41ClN2O4/c1-6-23-14-27(35)15-24(7-2)33(23)36-32(38)18-37-17-26(29-12-13-31-34(22(29)5)41-20-40-31)16-30(37)25-8-10-28(11-9-25)39-19-21(3)4/h8-15,21,26,30H,6-7,16-20H2,1-5H3,(H,36,38)/t26?,30-/m1/s1. The Morgan fingerprint density at radius 1 is 1.07 bits per heavy atom. The predicted octanol–water partition coefficient (Wildman–Crippen LogP) is 7.71. The van der Waals surface area contributed by atoms with E-state index in [1.807, 2.05) is 30.3 Å². The number of hydrogen-bond donors (Lipinski definition) is 1. The summed E-state index contributed by atoms with van der Waals surface area (Å²) in [4.78, 5) is 15.9. The van der Waals surface area contributed by atoms with Crippen LogP contribution in [0, 0.1) is 12.8 Å². The van der Waals surface area contributed by atoms with Crippen LogP contribution in [0.3, 0.4) is 0 Å². The van der Waals surface area contributed by atoms with Crippen LogP contribution in [0.4, 0.5) is 5.69 Å². The number of nitrogens with zero attached hydrogens (tertiary/aromatic N) is 1. The molecule has 2 heterocycles. The monoisotopic (exact) mass is 576 g/mol. The highest BCUT2D eigenvalue weighted by molar-refractivity contribution is 6.30. The van der Waals surface area contributed by atoms with Gasteiger partial charge < -0.3 is 19.5 Å². The van der Waals surface area contributed by atoms with E-state index in [1.165, 1.54) is 11.1 Å². The summed E-state index contributed by atoms with van der Waals surface area (Å²) < 4.78 is 17.3. The van der Waals surface area contributed by atoms with E-state index in [-0.39, 0.29) is 24.7 Å². The van der Waals surface area contributed by atoms with Crippen LogP contribution in [-0.4, -0.2) is 37.3 Å². The number of anilines is 1. The molecule has 2 aliphatic rings. The number of likely N-dealkylation sites (tertiary alicyclic amines) is 1. The molecule has 1 unspecified atom stereocenters. The van der Waals surface area contributed by atoms with E-state index in [2.05, 4.69) is 63.0 Å². The molecule has 0 saturated carbocycles. The molecular formula is C34H41ClN2O4. The van der Waals surface area contributed by atoms with Crippen LogP contribution >= 0.6 is 11.6 Å². The molecule has 6 nitrogen and oxygen atoms in total. The van der Waals surface area contributed by atoms with Gasteiger partial charge in [-0.05, 0) is 96.2 Å². The minimum absolute atomic E-state index is 0.0123. The van der Waals surface area contributed by atoms with Gasteiger partial charge in [0.1, 0.15) is 5.75 Å². The number of carbonyl (C=O) groups excluding carboxylic acids is 1. The lowest BCUT2D eigenvalue weighted by atomic mass is 9.90. The van der Waals surface area contributed by atoms with Crippen molar-refractivity contribution in [3.8, 4) is 17.2 Å². The van der Waals surface area contributed by atoms with Gasteiger partial charge >= 0.3 is 0 Å². The molecule has 2 aliphatic heterocycles. The van der Waals surface area contributed by atoms with Gasteiger partial charge in [0.25, 0.3) is 0 Å². The molecule has 0 aromatic heterocycles. The van der Waals surface area contributed by atoms with Crippen molar-refractivity contribution in [2.24, 2.45) is 5.92 Å². The summed E-state index contributed by atoms with van der Waals surface area (Å²) in [5.41, 5.74) is 6.57. The van der Waals surface area contributed by atoms with E-state index in [0.29, 0.717) is 24.1 Å². The van der Waals surface area contributed by atoms with E-state index in [9.17, 15) is 4.79 Å². The zero-order chi connectivity index (χ0) is 29.1. The third-order valence-corrected chi connectivity index (χ3v) is 8.38. The first-order valence-electron chi connectivity index (χ1n) is 14.7. The normalized spacial score (nSPS) is 18.2. The van der Waals surface area contributed by atoms with E-state index < -0.39 is 0 Å². The Labute approximate surface area is 248 Å². The molecule has 1 N–H and O–H groups in total. The van der Waals surface area contributed by atoms with Gasteiger partial charge in [-0.2, -0.15) is 0 Å². The molecule has 218 valence electrons. The maximum absolute atomic E-state index is 13.6. The Balaban J connectivity index is 1.40. The van der Waals surface area contributed by atoms with Crippen molar-refractivity contribution in [2.45, 2.75) is 65.8 Å². The summed E-state index contributed by atoms with van der Waals surface area (Å²) in [6, 6.07) is 16.5.